The predicted octanol–water partition coefficient (Wildman–Crippen LogP) is 2.10. The summed E-state index contributed by atoms with van der Waals surface area (Å²) >= 11 is 5.94. The molecule has 0 aromatic heterocycles. The average molecular weight is 295 g/mol. The van der Waals surface area contributed by atoms with E-state index in [2.05, 4.69) is 4.74 Å². The number of methoxy groups -OCH3 is 1. The van der Waals surface area contributed by atoms with Gasteiger partial charge in [0.2, 0.25) is 0 Å². The Balaban J connectivity index is 2.43. The molecule has 1 aromatic rings. The molecule has 7 heteroatoms. The normalized spacial score (nSPS) is 21.3. The van der Waals surface area contributed by atoms with E-state index in [-0.39, 0.29) is 10.6 Å². The topological polar surface area (TPSA) is 79.6 Å². The molecule has 2 unspecified atom stereocenters. The molecule has 6 nitrogen and oxygen atoms in total. The number of rotatable bonds is 2. The number of carbonyl (C=O) groups excluding carboxylic acids is 2. The zero-order valence-electron chi connectivity index (χ0n) is 10.8. The highest BCUT2D eigenvalue weighted by molar-refractivity contribution is 6.32. The number of esters is 1. The summed E-state index contributed by atoms with van der Waals surface area (Å²) in [5.74, 6) is -0.580. The van der Waals surface area contributed by atoms with Crippen LogP contribution in [0.4, 0.5) is 10.5 Å². The van der Waals surface area contributed by atoms with Gasteiger partial charge in [-0.15, -0.1) is 0 Å². The average Bonchev–Trinajstić information content (AvgIpc) is 2.72. The summed E-state index contributed by atoms with van der Waals surface area (Å²) in [6, 6.07) is 5.48. The number of anilines is 1. The van der Waals surface area contributed by atoms with E-state index in [0.717, 1.165) is 0 Å². The predicted molar refractivity (Wildman–Crippen MR) is 70.4 cm³/mol. The first kappa shape index (κ1) is 14.2. The van der Waals surface area contributed by atoms with Crippen LogP contribution in [-0.2, 0) is 14.3 Å². The van der Waals surface area contributed by atoms with Crippen molar-refractivity contribution in [1.82, 2.24) is 0 Å². The van der Waals surface area contributed by atoms with E-state index >= 15 is 0 Å². The molecule has 1 aliphatic rings. The molecule has 104 valence electrons. The Labute approximate surface area is 120 Å². The van der Waals surface area contributed by atoms with Crippen molar-refractivity contribution in [2.24, 2.45) is 0 Å². The van der Waals surface area contributed by atoms with Gasteiger partial charge in [0.05, 0.1) is 17.7 Å². The van der Waals surface area contributed by atoms with Gasteiger partial charge in [0.15, 0.2) is 6.04 Å². The van der Waals surface area contributed by atoms with Crippen LogP contribution >= 0.6 is 11.6 Å². The Morgan fingerprint density at radius 3 is 2.80 bits per heavy atom. The molecular weight excluding hydrogens is 284 g/mol. The van der Waals surface area contributed by atoms with Crippen LogP contribution in [0.3, 0.4) is 0 Å². The van der Waals surface area contributed by atoms with Crippen LogP contribution in [0.1, 0.15) is 12.5 Å². The summed E-state index contributed by atoms with van der Waals surface area (Å²) in [5, 5.41) is 9.03. The third kappa shape index (κ3) is 2.28. The molecule has 1 aliphatic heterocycles. The molecule has 1 saturated heterocycles. The number of hydrogen-bond donors (Lipinski definition) is 0. The number of cyclic esters (lactones) is 1. The molecule has 1 aromatic carbocycles. The van der Waals surface area contributed by atoms with Crippen molar-refractivity contribution in [3.63, 3.8) is 0 Å². The number of carbonyl (C=O) groups is 2. The minimum absolute atomic E-state index is 0.195. The Hall–Kier alpha value is -2.26. The first-order valence-electron chi connectivity index (χ1n) is 5.77. The summed E-state index contributed by atoms with van der Waals surface area (Å²) in [6.45, 7) is 1.60. The van der Waals surface area contributed by atoms with Gasteiger partial charge in [-0.3, -0.25) is 4.90 Å². The second-order valence-electron chi connectivity index (χ2n) is 4.20. The molecule has 1 fully saturated rings. The highest BCUT2D eigenvalue weighted by Gasteiger charge is 2.45. The van der Waals surface area contributed by atoms with Crippen molar-refractivity contribution in [1.29, 1.82) is 5.26 Å². The number of hydrogen-bond acceptors (Lipinski definition) is 5. The Morgan fingerprint density at radius 2 is 2.25 bits per heavy atom. The molecule has 1 amide bonds. The van der Waals surface area contributed by atoms with Crippen LogP contribution in [-0.4, -0.2) is 31.3 Å². The quantitative estimate of drug-likeness (QED) is 0.780. The Morgan fingerprint density at radius 1 is 1.55 bits per heavy atom. The zero-order chi connectivity index (χ0) is 14.9. The van der Waals surface area contributed by atoms with E-state index < -0.39 is 24.2 Å². The first-order chi connectivity index (χ1) is 9.49. The van der Waals surface area contributed by atoms with Gasteiger partial charge in [0.25, 0.3) is 0 Å². The van der Waals surface area contributed by atoms with E-state index in [0.29, 0.717) is 5.69 Å². The SMILES string of the molecule is COC(=O)C1C(C)OC(=O)N1c1ccc(C#N)c(Cl)c1. The molecule has 0 radical (unpaired) electrons. The van der Waals surface area contributed by atoms with Crippen LogP contribution in [0, 0.1) is 11.3 Å². The van der Waals surface area contributed by atoms with E-state index in [1.165, 1.54) is 30.2 Å². The number of nitriles is 1. The fraction of sp³-hybridized carbons (Fsp3) is 0.308. The second-order valence-corrected chi connectivity index (χ2v) is 4.61. The summed E-state index contributed by atoms with van der Waals surface area (Å²) in [6.07, 6.45) is -1.29. The molecule has 0 aliphatic carbocycles. The number of amides is 1. The lowest BCUT2D eigenvalue weighted by Gasteiger charge is -2.21. The summed E-state index contributed by atoms with van der Waals surface area (Å²) in [5.41, 5.74) is 0.657. The first-order valence-corrected chi connectivity index (χ1v) is 6.14. The molecule has 0 saturated carbocycles. The van der Waals surface area contributed by atoms with Gasteiger partial charge in [0.1, 0.15) is 12.2 Å². The van der Waals surface area contributed by atoms with Crippen molar-refractivity contribution in [3.8, 4) is 6.07 Å². The van der Waals surface area contributed by atoms with E-state index in [1.807, 2.05) is 6.07 Å². The van der Waals surface area contributed by atoms with Crippen LogP contribution in [0.2, 0.25) is 5.02 Å². The number of halogens is 1. The van der Waals surface area contributed by atoms with Crippen molar-refractivity contribution in [2.45, 2.75) is 19.1 Å². The van der Waals surface area contributed by atoms with Gasteiger partial charge < -0.3 is 9.47 Å². The van der Waals surface area contributed by atoms with Crippen LogP contribution < -0.4 is 4.90 Å². The van der Waals surface area contributed by atoms with Crippen molar-refractivity contribution in [2.75, 3.05) is 12.0 Å². The maximum atomic E-state index is 11.9. The smallest absolute Gasteiger partial charge is 0.415 e. The van der Waals surface area contributed by atoms with Crippen LogP contribution in [0.5, 0.6) is 0 Å². The monoisotopic (exact) mass is 294 g/mol. The summed E-state index contributed by atoms with van der Waals surface area (Å²) in [4.78, 5) is 24.8. The Kier molecular flexibility index (Phi) is 3.81. The number of ether oxygens (including phenoxy) is 2. The lowest BCUT2D eigenvalue weighted by atomic mass is 10.1. The molecule has 0 spiro atoms. The van der Waals surface area contributed by atoms with Crippen molar-refractivity contribution >= 4 is 29.4 Å². The third-order valence-electron chi connectivity index (χ3n) is 3.00. The van der Waals surface area contributed by atoms with Gasteiger partial charge in [-0.05, 0) is 25.1 Å². The minimum Gasteiger partial charge on any atom is -0.467 e. The zero-order valence-corrected chi connectivity index (χ0v) is 11.5. The minimum atomic E-state index is -0.878. The molecule has 0 N–H and O–H groups in total. The standard InChI is InChI=1S/C13H11ClN2O4/c1-7-11(12(17)19-2)16(13(18)20-7)9-4-3-8(6-15)10(14)5-9/h3-5,7,11H,1-2H3. The van der Waals surface area contributed by atoms with Gasteiger partial charge in [-0.25, -0.2) is 9.59 Å². The van der Waals surface area contributed by atoms with Gasteiger partial charge in [-0.1, -0.05) is 11.6 Å². The highest BCUT2D eigenvalue weighted by Crippen LogP contribution is 2.30. The molecule has 1 heterocycles. The van der Waals surface area contributed by atoms with Crippen LogP contribution in [0.25, 0.3) is 0 Å². The number of nitrogens with zero attached hydrogens (tertiary/aromatic N) is 2. The third-order valence-corrected chi connectivity index (χ3v) is 3.31. The van der Waals surface area contributed by atoms with E-state index in [1.54, 1.807) is 6.92 Å². The molecule has 20 heavy (non-hydrogen) atoms. The largest absolute Gasteiger partial charge is 0.467 e. The maximum absolute atomic E-state index is 11.9. The summed E-state index contributed by atoms with van der Waals surface area (Å²) < 4.78 is 9.72. The van der Waals surface area contributed by atoms with Crippen LogP contribution in [0.15, 0.2) is 18.2 Å². The number of benzene rings is 1. The lowest BCUT2D eigenvalue weighted by molar-refractivity contribution is -0.143. The second kappa shape index (κ2) is 5.39. The molecule has 2 atom stereocenters. The molecule has 2 rings (SSSR count). The lowest BCUT2D eigenvalue weighted by Crippen LogP contribution is -2.43. The van der Waals surface area contributed by atoms with E-state index in [4.69, 9.17) is 21.6 Å². The molecule has 0 bridgehead atoms. The maximum Gasteiger partial charge on any atom is 0.415 e. The van der Waals surface area contributed by atoms with E-state index in [9.17, 15) is 9.59 Å². The Bertz CT molecular complexity index is 611. The van der Waals surface area contributed by atoms with Crippen molar-refractivity contribution < 1.29 is 19.1 Å². The van der Waals surface area contributed by atoms with Crippen molar-refractivity contribution in [3.05, 3.63) is 28.8 Å². The van der Waals surface area contributed by atoms with Gasteiger partial charge in [-0.2, -0.15) is 5.26 Å². The summed E-state index contributed by atoms with van der Waals surface area (Å²) in [7, 11) is 1.24. The highest BCUT2D eigenvalue weighted by atomic mass is 35.5. The fourth-order valence-corrected chi connectivity index (χ4v) is 2.25. The molecular formula is C13H11ClN2O4. The fourth-order valence-electron chi connectivity index (χ4n) is 2.03. The van der Waals surface area contributed by atoms with Gasteiger partial charge in [0, 0.05) is 5.69 Å². The van der Waals surface area contributed by atoms with Gasteiger partial charge >= 0.3 is 12.1 Å².